The van der Waals surface area contributed by atoms with Gasteiger partial charge >= 0.3 is 0 Å². The molecule has 0 bridgehead atoms. The molecule has 1 aliphatic rings. The van der Waals surface area contributed by atoms with Gasteiger partial charge in [0, 0.05) is 48.7 Å². The number of likely N-dealkylation sites (tertiary alicyclic amines) is 1. The second kappa shape index (κ2) is 7.94. The lowest BCUT2D eigenvalue weighted by Gasteiger charge is -2.33. The lowest BCUT2D eigenvalue weighted by Crippen LogP contribution is -2.46. The second-order valence-electron chi connectivity index (χ2n) is 7.08. The maximum atomic E-state index is 12.9. The number of hydrogen-bond acceptors (Lipinski definition) is 3. The van der Waals surface area contributed by atoms with E-state index in [0.717, 1.165) is 10.9 Å². The summed E-state index contributed by atoms with van der Waals surface area (Å²) in [6, 6.07) is 7.51. The first kappa shape index (κ1) is 19.1. The summed E-state index contributed by atoms with van der Waals surface area (Å²) in [5, 5.41) is 0.778. The number of carbonyl (C=O) groups is 3. The van der Waals surface area contributed by atoms with Crippen molar-refractivity contribution in [1.29, 1.82) is 0 Å². The molecule has 1 aromatic carbocycles. The quantitative estimate of drug-likeness (QED) is 0.651. The van der Waals surface area contributed by atoms with Crippen molar-refractivity contribution in [3.8, 4) is 0 Å². The lowest BCUT2D eigenvalue weighted by molar-refractivity contribution is -0.139. The van der Waals surface area contributed by atoms with Crippen LogP contribution in [-0.2, 0) is 9.59 Å². The molecule has 144 valence electrons. The van der Waals surface area contributed by atoms with E-state index in [1.54, 1.807) is 4.90 Å². The number of ketones is 1. The van der Waals surface area contributed by atoms with E-state index in [-0.39, 0.29) is 11.8 Å². The van der Waals surface area contributed by atoms with Gasteiger partial charge in [-0.05, 0) is 39.7 Å². The van der Waals surface area contributed by atoms with Crippen LogP contribution in [0.2, 0.25) is 0 Å². The van der Waals surface area contributed by atoms with Gasteiger partial charge in [-0.15, -0.1) is 0 Å². The maximum Gasteiger partial charge on any atom is 0.295 e. The molecule has 0 saturated carbocycles. The third-order valence-corrected chi connectivity index (χ3v) is 5.52. The fourth-order valence-corrected chi connectivity index (χ4v) is 3.94. The van der Waals surface area contributed by atoms with Crippen molar-refractivity contribution in [2.24, 2.45) is 5.92 Å². The number of H-pyrrole nitrogens is 1. The topological polar surface area (TPSA) is 73.5 Å². The van der Waals surface area contributed by atoms with E-state index in [1.807, 2.05) is 49.9 Å². The number of carbonyl (C=O) groups excluding carboxylic acids is 3. The van der Waals surface area contributed by atoms with E-state index in [9.17, 15) is 14.4 Å². The smallest absolute Gasteiger partial charge is 0.295 e. The first-order chi connectivity index (χ1) is 13.0. The van der Waals surface area contributed by atoms with E-state index < -0.39 is 11.7 Å². The molecule has 2 aromatic rings. The van der Waals surface area contributed by atoms with E-state index in [0.29, 0.717) is 50.3 Å². The van der Waals surface area contributed by atoms with E-state index in [4.69, 9.17) is 0 Å². The first-order valence-corrected chi connectivity index (χ1v) is 9.67. The summed E-state index contributed by atoms with van der Waals surface area (Å²) in [6.45, 7) is 8.06. The van der Waals surface area contributed by atoms with Gasteiger partial charge in [0.05, 0.1) is 5.56 Å². The number of fused-ring (bicyclic) bond motifs is 1. The number of Topliss-reactive ketones (excluding diaryl/α,β-unsaturated/α-hetero) is 1. The van der Waals surface area contributed by atoms with Crippen molar-refractivity contribution in [2.75, 3.05) is 26.2 Å². The molecule has 0 atom stereocenters. The number of hydrogen-bond donors (Lipinski definition) is 1. The monoisotopic (exact) mass is 369 g/mol. The molecule has 2 heterocycles. The molecule has 0 radical (unpaired) electrons. The number of aromatic nitrogens is 1. The molecular weight excluding hydrogens is 342 g/mol. The average molecular weight is 369 g/mol. The highest BCUT2D eigenvalue weighted by Crippen LogP contribution is 2.25. The fraction of sp³-hybridized carbons (Fsp3) is 0.476. The normalized spacial score (nSPS) is 15.1. The molecule has 3 rings (SSSR count). The van der Waals surface area contributed by atoms with Crippen LogP contribution in [0.1, 0.15) is 42.7 Å². The minimum Gasteiger partial charge on any atom is -0.358 e. The molecular formula is C21H27N3O3. The van der Waals surface area contributed by atoms with Gasteiger partial charge in [-0.1, -0.05) is 18.2 Å². The molecule has 1 saturated heterocycles. The Bertz CT molecular complexity index is 859. The van der Waals surface area contributed by atoms with Gasteiger partial charge in [0.2, 0.25) is 5.91 Å². The van der Waals surface area contributed by atoms with Crippen LogP contribution >= 0.6 is 0 Å². The summed E-state index contributed by atoms with van der Waals surface area (Å²) in [5.41, 5.74) is 2.02. The predicted octanol–water partition coefficient (Wildman–Crippen LogP) is 2.77. The van der Waals surface area contributed by atoms with Crippen molar-refractivity contribution in [2.45, 2.75) is 33.6 Å². The number of piperidine rings is 1. The zero-order valence-corrected chi connectivity index (χ0v) is 16.2. The second-order valence-corrected chi connectivity index (χ2v) is 7.08. The first-order valence-electron chi connectivity index (χ1n) is 9.67. The SMILES string of the molecule is CCN(CC)C(=O)C1CCN(C(=O)C(=O)c2c(C)[nH]c3ccccc23)CC1. The molecule has 1 N–H and O–H groups in total. The third-order valence-electron chi connectivity index (χ3n) is 5.52. The number of aryl methyl sites for hydroxylation is 1. The van der Waals surface area contributed by atoms with Crippen molar-refractivity contribution < 1.29 is 14.4 Å². The Morgan fingerprint density at radius 1 is 1.11 bits per heavy atom. The minimum atomic E-state index is -0.475. The van der Waals surface area contributed by atoms with Gasteiger partial charge < -0.3 is 14.8 Å². The van der Waals surface area contributed by atoms with Gasteiger partial charge in [0.25, 0.3) is 11.7 Å². The van der Waals surface area contributed by atoms with Crippen molar-refractivity contribution in [1.82, 2.24) is 14.8 Å². The van der Waals surface area contributed by atoms with Crippen LogP contribution in [0.3, 0.4) is 0 Å². The molecule has 1 aromatic heterocycles. The van der Waals surface area contributed by atoms with Crippen LogP contribution in [0, 0.1) is 12.8 Å². The van der Waals surface area contributed by atoms with Crippen molar-refractivity contribution in [3.05, 3.63) is 35.5 Å². The van der Waals surface area contributed by atoms with Gasteiger partial charge in [0.1, 0.15) is 0 Å². The standard InChI is InChI=1S/C21H27N3O3/c1-4-23(5-2)20(26)15-10-12-24(13-11-15)21(27)19(25)18-14(3)22-17-9-7-6-8-16(17)18/h6-9,15,22H,4-5,10-13H2,1-3H3. The Labute approximate surface area is 159 Å². The highest BCUT2D eigenvalue weighted by molar-refractivity contribution is 6.45. The molecule has 6 heteroatoms. The molecule has 27 heavy (non-hydrogen) atoms. The molecule has 1 aliphatic heterocycles. The van der Waals surface area contributed by atoms with Crippen molar-refractivity contribution >= 4 is 28.5 Å². The summed E-state index contributed by atoms with van der Waals surface area (Å²) in [5.74, 6) is -0.847. The fourth-order valence-electron chi connectivity index (χ4n) is 3.94. The highest BCUT2D eigenvalue weighted by Gasteiger charge is 2.33. The van der Waals surface area contributed by atoms with Gasteiger partial charge in [-0.2, -0.15) is 0 Å². The Kier molecular flexibility index (Phi) is 5.63. The number of nitrogens with one attached hydrogen (secondary N) is 1. The lowest BCUT2D eigenvalue weighted by atomic mass is 9.94. The number of amides is 2. The van der Waals surface area contributed by atoms with Crippen LogP contribution in [0.4, 0.5) is 0 Å². The number of benzene rings is 1. The molecule has 0 spiro atoms. The van der Waals surface area contributed by atoms with Crippen LogP contribution in [0.15, 0.2) is 24.3 Å². The van der Waals surface area contributed by atoms with E-state index in [1.165, 1.54) is 0 Å². The molecule has 6 nitrogen and oxygen atoms in total. The molecule has 0 aliphatic carbocycles. The maximum absolute atomic E-state index is 12.9. The zero-order chi connectivity index (χ0) is 19.6. The van der Waals surface area contributed by atoms with Crippen LogP contribution < -0.4 is 0 Å². The summed E-state index contributed by atoms with van der Waals surface area (Å²) in [6.07, 6.45) is 1.22. The largest absolute Gasteiger partial charge is 0.358 e. The highest BCUT2D eigenvalue weighted by atomic mass is 16.2. The summed E-state index contributed by atoms with van der Waals surface area (Å²) >= 11 is 0. The molecule has 1 fully saturated rings. The van der Waals surface area contributed by atoms with Gasteiger partial charge in [-0.25, -0.2) is 0 Å². The third kappa shape index (κ3) is 3.61. The van der Waals surface area contributed by atoms with Crippen LogP contribution in [-0.4, -0.2) is 58.6 Å². The number of nitrogens with zero attached hydrogens (tertiary/aromatic N) is 2. The Balaban J connectivity index is 1.70. The van der Waals surface area contributed by atoms with Gasteiger partial charge in [-0.3, -0.25) is 14.4 Å². The van der Waals surface area contributed by atoms with Crippen molar-refractivity contribution in [3.63, 3.8) is 0 Å². The number of aromatic amines is 1. The molecule has 0 unspecified atom stereocenters. The Morgan fingerprint density at radius 2 is 1.74 bits per heavy atom. The van der Waals surface area contributed by atoms with E-state index in [2.05, 4.69) is 4.98 Å². The molecule has 2 amide bonds. The predicted molar refractivity (Wildman–Crippen MR) is 105 cm³/mol. The number of rotatable bonds is 5. The zero-order valence-electron chi connectivity index (χ0n) is 16.2. The van der Waals surface area contributed by atoms with Crippen LogP contribution in [0.5, 0.6) is 0 Å². The van der Waals surface area contributed by atoms with Crippen LogP contribution in [0.25, 0.3) is 10.9 Å². The van der Waals surface area contributed by atoms with E-state index >= 15 is 0 Å². The summed E-state index contributed by atoms with van der Waals surface area (Å²) in [7, 11) is 0. The number of para-hydroxylation sites is 1. The minimum absolute atomic E-state index is 0.0566. The summed E-state index contributed by atoms with van der Waals surface area (Å²) in [4.78, 5) is 44.8. The summed E-state index contributed by atoms with van der Waals surface area (Å²) < 4.78 is 0. The Morgan fingerprint density at radius 3 is 2.37 bits per heavy atom. The Hall–Kier alpha value is -2.63. The van der Waals surface area contributed by atoms with Gasteiger partial charge in [0.15, 0.2) is 0 Å². The average Bonchev–Trinajstić information content (AvgIpc) is 3.03.